The fraction of sp³-hybridized carbons (Fsp3) is 0.100. The van der Waals surface area contributed by atoms with Gasteiger partial charge in [-0.2, -0.15) is 0 Å². The number of fused-ring (bicyclic) bond motifs is 2. The number of hydrogen-bond acceptors (Lipinski definition) is 4. The van der Waals surface area contributed by atoms with Gasteiger partial charge in [-0.05, 0) is 12.1 Å². The second-order valence-electron chi connectivity index (χ2n) is 3.33. The number of carbonyl (C=O) groups is 2. The van der Waals surface area contributed by atoms with Crippen LogP contribution in [0.15, 0.2) is 29.3 Å². The Labute approximate surface area is 89.9 Å². The summed E-state index contributed by atoms with van der Waals surface area (Å²) in [6, 6.07) is 7.08. The quantitative estimate of drug-likeness (QED) is 0.527. The van der Waals surface area contributed by atoms with E-state index in [4.69, 9.17) is 0 Å². The van der Waals surface area contributed by atoms with Gasteiger partial charge in [0.1, 0.15) is 5.04 Å². The first-order chi connectivity index (χ1) is 7.27. The SMILES string of the molecule is O=C1NSC2=Nc3ccccc3C(=O)C12. The van der Waals surface area contributed by atoms with Gasteiger partial charge in [-0.1, -0.05) is 12.1 Å². The summed E-state index contributed by atoms with van der Waals surface area (Å²) in [5.41, 5.74) is 1.18. The Morgan fingerprint density at radius 2 is 2.07 bits per heavy atom. The van der Waals surface area contributed by atoms with Crippen LogP contribution in [0.4, 0.5) is 5.69 Å². The molecule has 0 bridgehead atoms. The highest BCUT2D eigenvalue weighted by Crippen LogP contribution is 2.34. The topological polar surface area (TPSA) is 58.5 Å². The summed E-state index contributed by atoms with van der Waals surface area (Å²) in [5, 5.41) is 0.559. The first kappa shape index (κ1) is 8.67. The summed E-state index contributed by atoms with van der Waals surface area (Å²) in [6.07, 6.45) is 0. The predicted molar refractivity (Wildman–Crippen MR) is 57.1 cm³/mol. The number of hydrogen-bond donors (Lipinski definition) is 1. The molecule has 1 amide bonds. The molecule has 2 aliphatic heterocycles. The molecule has 74 valence electrons. The molecular weight excluding hydrogens is 212 g/mol. The lowest BCUT2D eigenvalue weighted by Crippen LogP contribution is -2.29. The second kappa shape index (κ2) is 2.93. The first-order valence-corrected chi connectivity index (χ1v) is 5.27. The van der Waals surface area contributed by atoms with E-state index in [9.17, 15) is 9.59 Å². The van der Waals surface area contributed by atoms with E-state index in [-0.39, 0.29) is 11.7 Å². The number of benzene rings is 1. The van der Waals surface area contributed by atoms with Crippen LogP contribution in [0.1, 0.15) is 10.4 Å². The Kier molecular flexibility index (Phi) is 1.70. The van der Waals surface area contributed by atoms with Crippen LogP contribution in [-0.2, 0) is 4.79 Å². The molecule has 3 rings (SSSR count). The largest absolute Gasteiger partial charge is 0.294 e. The van der Waals surface area contributed by atoms with Crippen LogP contribution in [-0.4, -0.2) is 16.7 Å². The van der Waals surface area contributed by atoms with Crippen molar-refractivity contribution in [3.8, 4) is 0 Å². The van der Waals surface area contributed by atoms with Crippen LogP contribution in [0.2, 0.25) is 0 Å². The smallest absolute Gasteiger partial charge is 0.247 e. The van der Waals surface area contributed by atoms with E-state index in [0.29, 0.717) is 16.3 Å². The Balaban J connectivity index is 2.22. The molecule has 0 aromatic heterocycles. The van der Waals surface area contributed by atoms with Crippen molar-refractivity contribution in [1.29, 1.82) is 0 Å². The number of carbonyl (C=O) groups excluding carboxylic acids is 2. The van der Waals surface area contributed by atoms with Gasteiger partial charge in [0.2, 0.25) is 5.91 Å². The molecule has 0 radical (unpaired) electrons. The van der Waals surface area contributed by atoms with Gasteiger partial charge in [-0.25, -0.2) is 4.99 Å². The molecule has 5 heteroatoms. The van der Waals surface area contributed by atoms with Crippen LogP contribution < -0.4 is 4.72 Å². The van der Waals surface area contributed by atoms with Gasteiger partial charge in [0.15, 0.2) is 11.7 Å². The number of amides is 1. The minimum Gasteiger partial charge on any atom is -0.294 e. The Hall–Kier alpha value is -1.62. The molecule has 1 fully saturated rings. The van der Waals surface area contributed by atoms with Crippen molar-refractivity contribution in [1.82, 2.24) is 4.72 Å². The van der Waals surface area contributed by atoms with Gasteiger partial charge in [0.05, 0.1) is 5.69 Å². The highest BCUT2D eigenvalue weighted by atomic mass is 32.2. The number of aliphatic imine (C=N–C) groups is 1. The second-order valence-corrected chi connectivity index (χ2v) is 4.16. The molecule has 1 saturated heterocycles. The van der Waals surface area contributed by atoms with E-state index in [2.05, 4.69) is 9.71 Å². The monoisotopic (exact) mass is 218 g/mol. The van der Waals surface area contributed by atoms with Crippen LogP contribution >= 0.6 is 11.9 Å². The molecule has 0 saturated carbocycles. The third kappa shape index (κ3) is 1.13. The molecule has 2 aliphatic rings. The maximum atomic E-state index is 12.0. The lowest BCUT2D eigenvalue weighted by Gasteiger charge is -2.14. The summed E-state index contributed by atoms with van der Waals surface area (Å²) >= 11 is 1.13. The van der Waals surface area contributed by atoms with Crippen molar-refractivity contribution in [2.75, 3.05) is 0 Å². The van der Waals surface area contributed by atoms with Gasteiger partial charge in [-0.3, -0.25) is 14.3 Å². The number of para-hydroxylation sites is 1. The van der Waals surface area contributed by atoms with Crippen LogP contribution in [0.3, 0.4) is 0 Å². The Morgan fingerprint density at radius 1 is 1.27 bits per heavy atom. The van der Waals surface area contributed by atoms with Gasteiger partial charge in [0.25, 0.3) is 0 Å². The van der Waals surface area contributed by atoms with E-state index in [0.717, 1.165) is 11.9 Å². The number of nitrogens with one attached hydrogen (secondary N) is 1. The fourth-order valence-corrected chi connectivity index (χ4v) is 2.50. The van der Waals surface area contributed by atoms with Gasteiger partial charge >= 0.3 is 0 Å². The average molecular weight is 218 g/mol. The zero-order valence-corrected chi connectivity index (χ0v) is 8.38. The molecule has 0 aliphatic carbocycles. The Bertz CT molecular complexity index is 510. The maximum absolute atomic E-state index is 12.0. The zero-order valence-electron chi connectivity index (χ0n) is 7.56. The lowest BCUT2D eigenvalue weighted by atomic mass is 9.94. The number of rotatable bonds is 0. The summed E-state index contributed by atoms with van der Waals surface area (Å²) < 4.78 is 2.55. The van der Waals surface area contributed by atoms with E-state index >= 15 is 0 Å². The van der Waals surface area contributed by atoms with Gasteiger partial charge in [-0.15, -0.1) is 0 Å². The van der Waals surface area contributed by atoms with E-state index in [1.165, 1.54) is 0 Å². The minimum atomic E-state index is -0.718. The molecule has 1 aromatic rings. The zero-order chi connectivity index (χ0) is 10.4. The normalized spacial score (nSPS) is 22.9. The number of nitrogens with zero attached hydrogens (tertiary/aromatic N) is 1. The summed E-state index contributed by atoms with van der Waals surface area (Å²) in [7, 11) is 0. The third-order valence-corrected chi connectivity index (χ3v) is 3.27. The molecular formula is C10H6N2O2S. The summed E-state index contributed by atoms with van der Waals surface area (Å²) in [5.74, 6) is -1.14. The molecule has 1 atom stereocenters. The van der Waals surface area contributed by atoms with Crippen molar-refractivity contribution >= 4 is 34.4 Å². The molecule has 0 spiro atoms. The highest BCUT2D eigenvalue weighted by molar-refractivity contribution is 8.13. The van der Waals surface area contributed by atoms with Gasteiger partial charge in [0, 0.05) is 17.5 Å². The fourth-order valence-electron chi connectivity index (χ4n) is 1.70. The van der Waals surface area contributed by atoms with E-state index < -0.39 is 5.92 Å². The van der Waals surface area contributed by atoms with Crippen molar-refractivity contribution in [2.24, 2.45) is 10.9 Å². The lowest BCUT2D eigenvalue weighted by molar-refractivity contribution is -0.119. The number of ketones is 1. The maximum Gasteiger partial charge on any atom is 0.247 e. The minimum absolute atomic E-state index is 0.155. The molecule has 2 heterocycles. The van der Waals surface area contributed by atoms with Crippen LogP contribution in [0.25, 0.3) is 0 Å². The summed E-state index contributed by atoms with van der Waals surface area (Å²) in [4.78, 5) is 27.6. The Morgan fingerprint density at radius 3 is 2.93 bits per heavy atom. The number of Topliss-reactive ketones (excluding diaryl/α,β-unsaturated/α-hetero) is 1. The molecule has 1 N–H and O–H groups in total. The molecule has 1 unspecified atom stereocenters. The standard InChI is InChI=1S/C10H6N2O2S/c13-8-5-3-1-2-4-6(5)11-10-7(8)9(14)12-15-10/h1-4,7H,(H,12,14). The predicted octanol–water partition coefficient (Wildman–Crippen LogP) is 1.31. The third-order valence-electron chi connectivity index (χ3n) is 2.43. The van der Waals surface area contributed by atoms with Crippen molar-refractivity contribution in [2.45, 2.75) is 0 Å². The van der Waals surface area contributed by atoms with Crippen molar-refractivity contribution < 1.29 is 9.59 Å². The van der Waals surface area contributed by atoms with Gasteiger partial charge < -0.3 is 0 Å². The highest BCUT2D eigenvalue weighted by Gasteiger charge is 2.41. The summed E-state index contributed by atoms with van der Waals surface area (Å²) in [6.45, 7) is 0. The average Bonchev–Trinajstić information content (AvgIpc) is 2.61. The molecule has 1 aromatic carbocycles. The van der Waals surface area contributed by atoms with E-state index in [1.54, 1.807) is 18.2 Å². The molecule has 4 nitrogen and oxygen atoms in total. The van der Waals surface area contributed by atoms with Crippen molar-refractivity contribution in [3.63, 3.8) is 0 Å². The molecule has 15 heavy (non-hydrogen) atoms. The van der Waals surface area contributed by atoms with Crippen molar-refractivity contribution in [3.05, 3.63) is 29.8 Å². The van der Waals surface area contributed by atoms with E-state index in [1.807, 2.05) is 6.07 Å². The van der Waals surface area contributed by atoms with Crippen LogP contribution in [0, 0.1) is 5.92 Å². The van der Waals surface area contributed by atoms with Crippen LogP contribution in [0.5, 0.6) is 0 Å². The first-order valence-electron chi connectivity index (χ1n) is 4.46.